The van der Waals surface area contributed by atoms with E-state index in [1.807, 2.05) is 36.4 Å². The Kier molecular flexibility index (Phi) is 6.28. The molecule has 0 bridgehead atoms. The molecule has 1 aromatic heterocycles. The van der Waals surface area contributed by atoms with Crippen molar-refractivity contribution in [3.05, 3.63) is 83.0 Å². The monoisotopic (exact) mass is 381 g/mol. The number of hydrogen-bond donors (Lipinski definition) is 2. The molecular formula is C21H20ClN3O2. The Hall–Kier alpha value is -3.05. The molecule has 2 N–H and O–H groups in total. The second kappa shape index (κ2) is 9.05. The fraction of sp³-hybridized carbons (Fsp3) is 0.143. The molecule has 0 saturated carbocycles. The first-order valence-corrected chi connectivity index (χ1v) is 8.91. The smallest absolute Gasteiger partial charge is 0.257 e. The second-order valence-electron chi connectivity index (χ2n) is 5.92. The molecule has 3 aromatic rings. The molecule has 27 heavy (non-hydrogen) atoms. The zero-order valence-electron chi connectivity index (χ0n) is 14.9. The molecule has 6 heteroatoms. The summed E-state index contributed by atoms with van der Waals surface area (Å²) in [5, 5.41) is 6.81. The standard InChI is InChI=1S/C21H20ClN3O2/c1-27-19-4-2-3-18(13-19)25-21(26)16-7-10-20(24-14-16)23-12-11-15-5-8-17(22)9-6-15/h2-10,13-14H,11-12H2,1H3,(H,23,24)(H,25,26). The van der Waals surface area contributed by atoms with E-state index >= 15 is 0 Å². The molecule has 1 amide bonds. The summed E-state index contributed by atoms with van der Waals surface area (Å²) in [4.78, 5) is 16.6. The van der Waals surface area contributed by atoms with E-state index in [0.717, 1.165) is 23.8 Å². The van der Waals surface area contributed by atoms with E-state index in [-0.39, 0.29) is 5.91 Å². The van der Waals surface area contributed by atoms with Crippen LogP contribution in [0.3, 0.4) is 0 Å². The molecule has 0 spiro atoms. The van der Waals surface area contributed by atoms with E-state index < -0.39 is 0 Å². The summed E-state index contributed by atoms with van der Waals surface area (Å²) in [6.07, 6.45) is 2.41. The highest BCUT2D eigenvalue weighted by Gasteiger charge is 2.07. The molecule has 3 rings (SSSR count). The number of carbonyl (C=O) groups excluding carboxylic acids is 1. The molecule has 1 heterocycles. The van der Waals surface area contributed by atoms with Gasteiger partial charge in [-0.2, -0.15) is 0 Å². The zero-order chi connectivity index (χ0) is 19.1. The minimum Gasteiger partial charge on any atom is -0.497 e. The zero-order valence-corrected chi connectivity index (χ0v) is 15.7. The largest absolute Gasteiger partial charge is 0.497 e. The minimum atomic E-state index is -0.219. The summed E-state index contributed by atoms with van der Waals surface area (Å²) in [7, 11) is 1.59. The lowest BCUT2D eigenvalue weighted by Gasteiger charge is -2.08. The summed E-state index contributed by atoms with van der Waals surface area (Å²) in [5.41, 5.74) is 2.35. The fourth-order valence-corrected chi connectivity index (χ4v) is 2.65. The van der Waals surface area contributed by atoms with Crippen molar-refractivity contribution in [1.82, 2.24) is 4.98 Å². The van der Waals surface area contributed by atoms with Crippen molar-refractivity contribution >= 4 is 29.0 Å². The van der Waals surface area contributed by atoms with Crippen molar-refractivity contribution in [2.24, 2.45) is 0 Å². The number of carbonyl (C=O) groups is 1. The fourth-order valence-electron chi connectivity index (χ4n) is 2.52. The van der Waals surface area contributed by atoms with Crippen molar-refractivity contribution in [3.63, 3.8) is 0 Å². The second-order valence-corrected chi connectivity index (χ2v) is 6.36. The number of methoxy groups -OCH3 is 1. The Morgan fingerprint density at radius 3 is 2.63 bits per heavy atom. The predicted octanol–water partition coefficient (Wildman–Crippen LogP) is 4.65. The van der Waals surface area contributed by atoms with Gasteiger partial charge in [0.1, 0.15) is 11.6 Å². The van der Waals surface area contributed by atoms with E-state index in [9.17, 15) is 4.79 Å². The lowest BCUT2D eigenvalue weighted by atomic mass is 10.1. The number of halogens is 1. The molecule has 0 fully saturated rings. The maximum atomic E-state index is 12.3. The van der Waals surface area contributed by atoms with Gasteiger partial charge in [0.15, 0.2) is 0 Å². The third-order valence-electron chi connectivity index (χ3n) is 3.99. The number of hydrogen-bond acceptors (Lipinski definition) is 4. The normalized spacial score (nSPS) is 10.3. The molecule has 2 aromatic carbocycles. The molecule has 0 aliphatic heterocycles. The number of benzene rings is 2. The van der Waals surface area contributed by atoms with Gasteiger partial charge < -0.3 is 15.4 Å². The van der Waals surface area contributed by atoms with Crippen LogP contribution in [0.1, 0.15) is 15.9 Å². The van der Waals surface area contributed by atoms with Gasteiger partial charge >= 0.3 is 0 Å². The maximum absolute atomic E-state index is 12.3. The maximum Gasteiger partial charge on any atom is 0.257 e. The highest BCUT2D eigenvalue weighted by molar-refractivity contribution is 6.30. The van der Waals surface area contributed by atoms with E-state index in [4.69, 9.17) is 16.3 Å². The van der Waals surface area contributed by atoms with Crippen molar-refractivity contribution in [2.75, 3.05) is 24.3 Å². The van der Waals surface area contributed by atoms with Crippen LogP contribution in [0.2, 0.25) is 5.02 Å². The molecule has 0 saturated heterocycles. The van der Waals surface area contributed by atoms with E-state index in [0.29, 0.717) is 17.0 Å². The van der Waals surface area contributed by atoms with Crippen LogP contribution >= 0.6 is 11.6 Å². The van der Waals surface area contributed by atoms with Crippen LogP contribution in [0.15, 0.2) is 66.9 Å². The Labute approximate surface area is 163 Å². The lowest BCUT2D eigenvalue weighted by molar-refractivity contribution is 0.102. The number of nitrogens with one attached hydrogen (secondary N) is 2. The van der Waals surface area contributed by atoms with E-state index in [1.165, 1.54) is 5.56 Å². The topological polar surface area (TPSA) is 63.2 Å². The summed E-state index contributed by atoms with van der Waals surface area (Å²) < 4.78 is 5.15. The number of ether oxygens (including phenoxy) is 1. The van der Waals surface area contributed by atoms with Crippen molar-refractivity contribution < 1.29 is 9.53 Å². The van der Waals surface area contributed by atoms with Crippen LogP contribution in [-0.2, 0) is 6.42 Å². The highest BCUT2D eigenvalue weighted by Crippen LogP contribution is 2.17. The minimum absolute atomic E-state index is 0.219. The molecule has 0 radical (unpaired) electrons. The van der Waals surface area contributed by atoms with Crippen LogP contribution in [-0.4, -0.2) is 24.5 Å². The summed E-state index contributed by atoms with van der Waals surface area (Å²) in [6.45, 7) is 0.740. The lowest BCUT2D eigenvalue weighted by Crippen LogP contribution is -2.13. The van der Waals surface area contributed by atoms with Gasteiger partial charge in [-0.05, 0) is 48.4 Å². The third-order valence-corrected chi connectivity index (χ3v) is 4.24. The molecule has 0 unspecified atom stereocenters. The van der Waals surface area contributed by atoms with Gasteiger partial charge in [0.25, 0.3) is 5.91 Å². The number of pyridine rings is 1. The SMILES string of the molecule is COc1cccc(NC(=O)c2ccc(NCCc3ccc(Cl)cc3)nc2)c1. The van der Waals surface area contributed by atoms with Gasteiger partial charge in [-0.15, -0.1) is 0 Å². The number of amides is 1. The number of aromatic nitrogens is 1. The molecule has 0 atom stereocenters. The van der Waals surface area contributed by atoms with Crippen LogP contribution in [0.5, 0.6) is 5.75 Å². The predicted molar refractivity (Wildman–Crippen MR) is 109 cm³/mol. The van der Waals surface area contributed by atoms with Gasteiger partial charge in [-0.1, -0.05) is 29.8 Å². The molecular weight excluding hydrogens is 362 g/mol. The van der Waals surface area contributed by atoms with Crippen LogP contribution < -0.4 is 15.4 Å². The Morgan fingerprint density at radius 2 is 1.93 bits per heavy atom. The highest BCUT2D eigenvalue weighted by atomic mass is 35.5. The van der Waals surface area contributed by atoms with Gasteiger partial charge in [0.05, 0.1) is 12.7 Å². The van der Waals surface area contributed by atoms with Gasteiger partial charge in [-0.25, -0.2) is 4.98 Å². The van der Waals surface area contributed by atoms with E-state index in [1.54, 1.807) is 37.6 Å². The van der Waals surface area contributed by atoms with Crippen molar-refractivity contribution in [1.29, 1.82) is 0 Å². The van der Waals surface area contributed by atoms with Crippen LogP contribution in [0.25, 0.3) is 0 Å². The average molecular weight is 382 g/mol. The first-order valence-electron chi connectivity index (χ1n) is 8.54. The Balaban J connectivity index is 1.53. The molecule has 0 aliphatic carbocycles. The third kappa shape index (κ3) is 5.46. The Morgan fingerprint density at radius 1 is 1.11 bits per heavy atom. The average Bonchev–Trinajstić information content (AvgIpc) is 2.70. The van der Waals surface area contributed by atoms with Gasteiger partial charge in [0.2, 0.25) is 0 Å². The first-order chi connectivity index (χ1) is 13.1. The molecule has 138 valence electrons. The van der Waals surface area contributed by atoms with Gasteiger partial charge in [-0.3, -0.25) is 4.79 Å². The van der Waals surface area contributed by atoms with E-state index in [2.05, 4.69) is 15.6 Å². The summed E-state index contributed by atoms with van der Waals surface area (Å²) in [6, 6.07) is 18.5. The van der Waals surface area contributed by atoms with Gasteiger partial charge in [0, 0.05) is 29.5 Å². The number of nitrogens with zero attached hydrogens (tertiary/aromatic N) is 1. The van der Waals surface area contributed by atoms with Crippen LogP contribution in [0, 0.1) is 0 Å². The van der Waals surface area contributed by atoms with Crippen LogP contribution in [0.4, 0.5) is 11.5 Å². The molecule has 5 nitrogen and oxygen atoms in total. The number of rotatable bonds is 7. The summed E-state index contributed by atoms with van der Waals surface area (Å²) in [5.74, 6) is 1.19. The first kappa shape index (κ1) is 18.7. The summed E-state index contributed by atoms with van der Waals surface area (Å²) >= 11 is 5.88. The molecule has 0 aliphatic rings. The quantitative estimate of drug-likeness (QED) is 0.625. The van der Waals surface area contributed by atoms with Crippen molar-refractivity contribution in [2.45, 2.75) is 6.42 Å². The van der Waals surface area contributed by atoms with Crippen molar-refractivity contribution in [3.8, 4) is 5.75 Å². The Bertz CT molecular complexity index is 896. The number of anilines is 2.